The Hall–Kier alpha value is -0.440. The van der Waals surface area contributed by atoms with Crippen LogP contribution in [0, 0.1) is 0 Å². The van der Waals surface area contributed by atoms with Crippen LogP contribution in [0.5, 0.6) is 0 Å². The highest BCUT2D eigenvalue weighted by molar-refractivity contribution is 14.0. The zero-order valence-corrected chi connectivity index (χ0v) is 12.4. The molecule has 1 aromatic carbocycles. The maximum Gasteiger partial charge on any atom is 0.416 e. The van der Waals surface area contributed by atoms with Crippen molar-refractivity contribution in [2.75, 3.05) is 13.3 Å². The maximum atomic E-state index is 12.4. The van der Waals surface area contributed by atoms with Crippen molar-refractivity contribution in [1.82, 2.24) is 5.32 Å². The second kappa shape index (κ2) is 7.10. The highest BCUT2D eigenvalue weighted by atomic mass is 127. The van der Waals surface area contributed by atoms with Crippen molar-refractivity contribution in [3.05, 3.63) is 29.8 Å². The van der Waals surface area contributed by atoms with Gasteiger partial charge in [-0.1, -0.05) is 17.8 Å². The molecule has 0 aliphatic rings. The normalized spacial score (nSPS) is 11.9. The molecular weight excluding hydrogens is 364 g/mol. The Labute approximate surface area is 119 Å². The summed E-state index contributed by atoms with van der Waals surface area (Å²) in [6, 6.07) is 4.92. The largest absolute Gasteiger partial charge is 0.416 e. The van der Waals surface area contributed by atoms with Gasteiger partial charge in [0.05, 0.1) is 11.3 Å². The van der Waals surface area contributed by atoms with E-state index in [1.807, 2.05) is 0 Å². The lowest BCUT2D eigenvalue weighted by atomic mass is 10.2. The van der Waals surface area contributed by atoms with Crippen LogP contribution in [-0.2, 0) is 6.18 Å². The van der Waals surface area contributed by atoms with Crippen LogP contribution in [0.1, 0.15) is 5.56 Å². The highest BCUT2D eigenvalue weighted by Crippen LogP contribution is 2.31. The number of halogens is 4. The molecule has 1 N–H and O–H groups in total. The first-order valence-electron chi connectivity index (χ1n) is 4.45. The molecule has 0 heterocycles. The molecule has 0 fully saturated rings. The van der Waals surface area contributed by atoms with Gasteiger partial charge in [0.25, 0.3) is 0 Å². The predicted octanol–water partition coefficient (Wildman–Crippen LogP) is 3.89. The van der Waals surface area contributed by atoms with E-state index in [9.17, 15) is 13.2 Å². The third kappa shape index (κ3) is 5.15. The van der Waals surface area contributed by atoms with E-state index in [1.54, 1.807) is 13.3 Å². The molecule has 0 atom stereocenters. The first-order valence-corrected chi connectivity index (χ1v) is 5.67. The van der Waals surface area contributed by atoms with E-state index < -0.39 is 11.7 Å². The number of rotatable bonds is 1. The number of nitrogens with one attached hydrogen (secondary N) is 1. The van der Waals surface area contributed by atoms with Crippen LogP contribution in [0.15, 0.2) is 29.3 Å². The molecule has 1 aromatic rings. The van der Waals surface area contributed by atoms with Crippen molar-refractivity contribution in [2.24, 2.45) is 4.99 Å². The first-order chi connectivity index (χ1) is 7.47. The van der Waals surface area contributed by atoms with Crippen LogP contribution < -0.4 is 5.32 Å². The number of nitrogens with zero attached hydrogens (tertiary/aromatic N) is 1. The lowest BCUT2D eigenvalue weighted by molar-refractivity contribution is -0.137. The van der Waals surface area contributed by atoms with E-state index in [0.29, 0.717) is 5.17 Å². The van der Waals surface area contributed by atoms with E-state index in [2.05, 4.69) is 10.3 Å². The quantitative estimate of drug-likeness (QED) is 0.457. The molecule has 0 bridgehead atoms. The van der Waals surface area contributed by atoms with Crippen LogP contribution in [0.4, 0.5) is 18.9 Å². The Morgan fingerprint density at radius 1 is 1.35 bits per heavy atom. The van der Waals surface area contributed by atoms with Gasteiger partial charge in [-0.15, -0.1) is 24.0 Å². The monoisotopic (exact) mass is 376 g/mol. The Morgan fingerprint density at radius 2 is 2.00 bits per heavy atom. The molecule has 0 spiro atoms. The molecule has 0 saturated carbocycles. The van der Waals surface area contributed by atoms with Gasteiger partial charge in [-0.05, 0) is 24.5 Å². The Morgan fingerprint density at radius 3 is 2.47 bits per heavy atom. The number of thioether (sulfide) groups is 1. The van der Waals surface area contributed by atoms with E-state index >= 15 is 0 Å². The summed E-state index contributed by atoms with van der Waals surface area (Å²) in [5, 5.41) is 3.36. The summed E-state index contributed by atoms with van der Waals surface area (Å²) in [5.74, 6) is 0. The summed E-state index contributed by atoms with van der Waals surface area (Å²) in [6.45, 7) is 0. The Bertz CT molecular complexity index is 387. The molecule has 1 rings (SSSR count). The minimum atomic E-state index is -4.33. The van der Waals surface area contributed by atoms with Crippen LogP contribution in [0.25, 0.3) is 0 Å². The number of amidine groups is 1. The number of aliphatic imine (C=N–C) groups is 1. The molecule has 2 nitrogen and oxygen atoms in total. The summed E-state index contributed by atoms with van der Waals surface area (Å²) in [6.07, 6.45) is -2.53. The van der Waals surface area contributed by atoms with Crippen LogP contribution >= 0.6 is 35.7 Å². The average Bonchev–Trinajstić information content (AvgIpc) is 2.25. The zero-order valence-electron chi connectivity index (χ0n) is 9.21. The fourth-order valence-electron chi connectivity index (χ4n) is 1.07. The average molecular weight is 376 g/mol. The molecule has 0 amide bonds. The smallest absolute Gasteiger partial charge is 0.368 e. The molecule has 0 aliphatic carbocycles. The van der Waals surface area contributed by atoms with E-state index in [0.717, 1.165) is 12.1 Å². The van der Waals surface area contributed by atoms with Crippen molar-refractivity contribution in [1.29, 1.82) is 0 Å². The van der Waals surface area contributed by atoms with E-state index in [4.69, 9.17) is 0 Å². The van der Waals surface area contributed by atoms with Crippen molar-refractivity contribution in [3.8, 4) is 0 Å². The van der Waals surface area contributed by atoms with Gasteiger partial charge in [0, 0.05) is 7.05 Å². The van der Waals surface area contributed by atoms with Gasteiger partial charge in [0.2, 0.25) is 0 Å². The van der Waals surface area contributed by atoms with Crippen LogP contribution in [-0.4, -0.2) is 18.5 Å². The molecule has 17 heavy (non-hydrogen) atoms. The summed E-state index contributed by atoms with van der Waals surface area (Å²) in [4.78, 5) is 4.04. The van der Waals surface area contributed by atoms with Gasteiger partial charge in [0.15, 0.2) is 5.17 Å². The molecule has 0 saturated heterocycles. The second-order valence-electron chi connectivity index (χ2n) is 2.92. The van der Waals surface area contributed by atoms with Crippen molar-refractivity contribution in [2.45, 2.75) is 6.18 Å². The minimum absolute atomic E-state index is 0. The number of benzene rings is 1. The van der Waals surface area contributed by atoms with Gasteiger partial charge in [-0.2, -0.15) is 13.2 Å². The SMILES string of the molecule is CNC(=Nc1cccc(C(F)(F)F)c1)SC.I. The van der Waals surface area contributed by atoms with Crippen molar-refractivity contribution < 1.29 is 13.2 Å². The topological polar surface area (TPSA) is 24.4 Å². The predicted molar refractivity (Wildman–Crippen MR) is 76.5 cm³/mol. The van der Waals surface area contributed by atoms with Gasteiger partial charge in [0.1, 0.15) is 0 Å². The second-order valence-corrected chi connectivity index (χ2v) is 3.71. The van der Waals surface area contributed by atoms with Gasteiger partial charge in [-0.3, -0.25) is 0 Å². The number of alkyl halides is 3. The molecule has 0 aromatic heterocycles. The molecule has 96 valence electrons. The third-order valence-electron chi connectivity index (χ3n) is 1.81. The maximum absolute atomic E-state index is 12.4. The molecule has 0 radical (unpaired) electrons. The van der Waals surface area contributed by atoms with Crippen LogP contribution in [0.3, 0.4) is 0 Å². The van der Waals surface area contributed by atoms with Gasteiger partial charge < -0.3 is 5.32 Å². The standard InChI is InChI=1S/C10H11F3N2S.HI/c1-14-9(16-2)15-8-5-3-4-7(6-8)10(11,12)13;/h3-6H,1-2H3,(H,14,15);1H. The summed E-state index contributed by atoms with van der Waals surface area (Å²) >= 11 is 1.34. The number of hydrogen-bond donors (Lipinski definition) is 1. The molecular formula is C10H12F3IN2S. The summed E-state index contributed by atoms with van der Waals surface area (Å²) < 4.78 is 37.2. The van der Waals surface area contributed by atoms with Crippen molar-refractivity contribution >= 4 is 46.6 Å². The van der Waals surface area contributed by atoms with Crippen molar-refractivity contribution in [3.63, 3.8) is 0 Å². The van der Waals surface area contributed by atoms with E-state index in [-0.39, 0.29) is 29.7 Å². The number of hydrogen-bond acceptors (Lipinski definition) is 2. The summed E-state index contributed by atoms with van der Waals surface area (Å²) in [5.41, 5.74) is -0.404. The van der Waals surface area contributed by atoms with E-state index in [1.165, 1.54) is 23.9 Å². The zero-order chi connectivity index (χ0) is 12.2. The highest BCUT2D eigenvalue weighted by Gasteiger charge is 2.30. The molecule has 7 heteroatoms. The lowest BCUT2D eigenvalue weighted by Crippen LogP contribution is -2.13. The molecule has 0 aliphatic heterocycles. The summed E-state index contributed by atoms with van der Waals surface area (Å²) in [7, 11) is 1.67. The third-order valence-corrected chi connectivity index (χ3v) is 2.49. The first kappa shape index (κ1) is 16.6. The fraction of sp³-hybridized carbons (Fsp3) is 0.300. The fourth-order valence-corrected chi connectivity index (χ4v) is 1.47. The Balaban J connectivity index is 0.00000256. The van der Waals surface area contributed by atoms with Crippen LogP contribution in [0.2, 0.25) is 0 Å². The van der Waals surface area contributed by atoms with Gasteiger partial charge in [-0.25, -0.2) is 4.99 Å². The minimum Gasteiger partial charge on any atom is -0.368 e. The molecule has 0 unspecified atom stereocenters. The Kier molecular flexibility index (Phi) is 6.91. The van der Waals surface area contributed by atoms with Gasteiger partial charge >= 0.3 is 6.18 Å². The lowest BCUT2D eigenvalue weighted by Gasteiger charge is -2.07.